The third-order valence-corrected chi connectivity index (χ3v) is 11.6. The fourth-order valence-corrected chi connectivity index (χ4v) is 10.6. The van der Waals surface area contributed by atoms with Gasteiger partial charge in [0.1, 0.15) is 18.6 Å². The normalized spacial score (nSPS) is 44.4. The van der Waals surface area contributed by atoms with Gasteiger partial charge >= 0.3 is 5.96 Å². The molecule has 6 saturated carbocycles. The number of rotatable bonds is 5. The van der Waals surface area contributed by atoms with E-state index in [1.165, 1.54) is 90.3 Å². The summed E-state index contributed by atoms with van der Waals surface area (Å²) in [4.78, 5) is 2.97. The van der Waals surface area contributed by atoms with Gasteiger partial charge in [0.25, 0.3) is 0 Å². The van der Waals surface area contributed by atoms with Gasteiger partial charge in [0, 0.05) is 0 Å². The van der Waals surface area contributed by atoms with Gasteiger partial charge in [-0.1, -0.05) is 38.5 Å². The van der Waals surface area contributed by atoms with Crippen molar-refractivity contribution < 1.29 is 4.58 Å². The number of hydrogen-bond acceptors (Lipinski definition) is 2. The first-order valence-corrected chi connectivity index (χ1v) is 14.9. The zero-order valence-corrected chi connectivity index (χ0v) is 20.6. The van der Waals surface area contributed by atoms with Gasteiger partial charge in [-0.15, -0.1) is 0 Å². The van der Waals surface area contributed by atoms with Gasteiger partial charge in [0.2, 0.25) is 0 Å². The summed E-state index contributed by atoms with van der Waals surface area (Å²) in [7, 11) is 0. The Balaban J connectivity index is 1.11. The summed E-state index contributed by atoms with van der Waals surface area (Å²) in [6.45, 7) is 3.92. The monoisotopic (exact) mass is 438 g/mol. The molecule has 2 aliphatic heterocycles. The second-order valence-electron chi connectivity index (χ2n) is 13.6. The molecular weight excluding hydrogens is 390 g/mol. The zero-order valence-electron chi connectivity index (χ0n) is 20.6. The lowest BCUT2D eigenvalue weighted by molar-refractivity contribution is -0.560. The maximum atomic E-state index is 4.01. The fraction of sp³-hybridized carbons (Fsp3) is 0.966. The molecule has 3 heteroatoms. The molecule has 0 spiro atoms. The highest BCUT2D eigenvalue weighted by Crippen LogP contribution is 2.61. The van der Waals surface area contributed by atoms with Crippen molar-refractivity contribution in [1.29, 1.82) is 0 Å². The van der Waals surface area contributed by atoms with Gasteiger partial charge in [-0.25, -0.2) is 0 Å². The van der Waals surface area contributed by atoms with Crippen molar-refractivity contribution in [3.63, 3.8) is 0 Å². The molecule has 0 unspecified atom stereocenters. The first kappa shape index (κ1) is 20.6. The van der Waals surface area contributed by atoms with Crippen LogP contribution in [0.2, 0.25) is 0 Å². The summed E-state index contributed by atoms with van der Waals surface area (Å²) >= 11 is 0. The molecule has 2 atom stereocenters. The largest absolute Gasteiger partial charge is 0.349 e. The van der Waals surface area contributed by atoms with Crippen molar-refractivity contribution in [1.82, 2.24) is 10.2 Å². The molecule has 4 bridgehead atoms. The van der Waals surface area contributed by atoms with Crippen molar-refractivity contribution in [2.75, 3.05) is 19.6 Å². The second-order valence-corrected chi connectivity index (χ2v) is 13.6. The fourth-order valence-electron chi connectivity index (χ4n) is 10.6. The van der Waals surface area contributed by atoms with Crippen LogP contribution in [0.4, 0.5) is 0 Å². The van der Waals surface area contributed by atoms with Gasteiger partial charge < -0.3 is 0 Å². The Morgan fingerprint density at radius 1 is 0.781 bits per heavy atom. The topological polar surface area (TPSA) is 18.3 Å². The molecule has 1 N–H and O–H groups in total. The molecule has 6 aliphatic carbocycles. The van der Waals surface area contributed by atoms with Crippen LogP contribution in [0.15, 0.2) is 0 Å². The van der Waals surface area contributed by atoms with E-state index in [9.17, 15) is 0 Å². The first-order chi connectivity index (χ1) is 15.8. The van der Waals surface area contributed by atoms with Crippen molar-refractivity contribution in [2.45, 2.75) is 121 Å². The molecule has 2 heterocycles. The van der Waals surface area contributed by atoms with Crippen LogP contribution in [0.25, 0.3) is 0 Å². The molecule has 32 heavy (non-hydrogen) atoms. The molecule has 0 radical (unpaired) electrons. The van der Waals surface area contributed by atoms with Crippen LogP contribution in [0, 0.1) is 35.0 Å². The number of guanidine groups is 1. The Bertz CT molecular complexity index is 693. The lowest BCUT2D eigenvalue weighted by Crippen LogP contribution is -2.51. The summed E-state index contributed by atoms with van der Waals surface area (Å²) in [5, 5.41) is 4.01. The standard InChI is InChI=1S/C29H47N3/c1-3-7-24(8-4-1)26-19-30-28-31(27(20-32(26)28)25-9-5-2-6-10-25)12-11-29-16-21-13-22(17-29)15-23(14-21)18-29/h21-27H,1-20H2/p+1/t21?,22?,23?,26-,27-,29?/m1/s1. The average molecular weight is 439 g/mol. The summed E-state index contributed by atoms with van der Waals surface area (Å²) in [6.07, 6.45) is 25.8. The SMILES string of the molecule is C1CCC([C@H]2C[N+]3=C(NC[C@@H]3C3CCCCC3)N2CCC23CC4CC(CC(C4)C2)C3)CC1. The molecule has 6 fully saturated rings. The molecule has 0 amide bonds. The van der Waals surface area contributed by atoms with Crippen LogP contribution >= 0.6 is 0 Å². The van der Waals surface area contributed by atoms with E-state index in [2.05, 4.69) is 14.8 Å². The predicted octanol–water partition coefficient (Wildman–Crippen LogP) is 5.78. The Labute approximate surface area is 196 Å². The number of hydrogen-bond donors (Lipinski definition) is 1. The lowest BCUT2D eigenvalue weighted by Gasteiger charge is -2.57. The highest BCUT2D eigenvalue weighted by atomic mass is 15.5. The highest BCUT2D eigenvalue weighted by molar-refractivity contribution is 5.78. The van der Waals surface area contributed by atoms with Gasteiger partial charge in [0.05, 0.1) is 13.1 Å². The number of nitrogens with one attached hydrogen (secondary N) is 1. The van der Waals surface area contributed by atoms with Gasteiger partial charge in [0.15, 0.2) is 0 Å². The van der Waals surface area contributed by atoms with E-state index >= 15 is 0 Å². The van der Waals surface area contributed by atoms with Crippen LogP contribution in [-0.4, -0.2) is 47.2 Å². The van der Waals surface area contributed by atoms with E-state index in [0.29, 0.717) is 0 Å². The van der Waals surface area contributed by atoms with Crippen LogP contribution in [0.3, 0.4) is 0 Å². The minimum Gasteiger partial charge on any atom is -0.274 e. The predicted molar refractivity (Wildman–Crippen MR) is 131 cm³/mol. The van der Waals surface area contributed by atoms with Gasteiger partial charge in [-0.3, -0.25) is 14.8 Å². The van der Waals surface area contributed by atoms with Crippen LogP contribution < -0.4 is 5.32 Å². The van der Waals surface area contributed by atoms with Crippen molar-refractivity contribution in [2.24, 2.45) is 35.0 Å². The third kappa shape index (κ3) is 3.54. The zero-order chi connectivity index (χ0) is 21.1. The summed E-state index contributed by atoms with van der Waals surface area (Å²) in [5.41, 5.74) is 0.723. The molecule has 8 aliphatic rings. The first-order valence-electron chi connectivity index (χ1n) is 14.9. The molecular formula is C29H48N3+. The Kier molecular flexibility index (Phi) is 5.28. The summed E-state index contributed by atoms with van der Waals surface area (Å²) in [5.74, 6) is 6.77. The van der Waals surface area contributed by atoms with Crippen molar-refractivity contribution in [3.05, 3.63) is 0 Å². The van der Waals surface area contributed by atoms with Gasteiger partial charge in [-0.05, 0) is 106 Å². The van der Waals surface area contributed by atoms with Crippen LogP contribution in [-0.2, 0) is 0 Å². The van der Waals surface area contributed by atoms with Crippen molar-refractivity contribution >= 4 is 5.96 Å². The summed E-state index contributed by atoms with van der Waals surface area (Å²) < 4.78 is 2.91. The quantitative estimate of drug-likeness (QED) is 0.549. The van der Waals surface area contributed by atoms with E-state index < -0.39 is 0 Å². The highest BCUT2D eigenvalue weighted by Gasteiger charge is 2.53. The maximum absolute atomic E-state index is 4.01. The van der Waals surface area contributed by atoms with E-state index in [0.717, 1.165) is 47.1 Å². The Morgan fingerprint density at radius 3 is 2.00 bits per heavy atom. The van der Waals surface area contributed by atoms with E-state index in [-0.39, 0.29) is 0 Å². The Morgan fingerprint density at radius 2 is 1.38 bits per heavy atom. The number of nitrogens with zero attached hydrogens (tertiary/aromatic N) is 2. The molecule has 0 aromatic carbocycles. The molecule has 0 aromatic rings. The van der Waals surface area contributed by atoms with E-state index in [1.54, 1.807) is 44.5 Å². The van der Waals surface area contributed by atoms with E-state index in [4.69, 9.17) is 0 Å². The average Bonchev–Trinajstić information content (AvgIpc) is 3.37. The Hall–Kier alpha value is -0.730. The van der Waals surface area contributed by atoms with Crippen LogP contribution in [0.5, 0.6) is 0 Å². The lowest BCUT2D eigenvalue weighted by atomic mass is 9.49. The molecule has 3 nitrogen and oxygen atoms in total. The van der Waals surface area contributed by atoms with Crippen molar-refractivity contribution in [3.8, 4) is 0 Å². The second kappa shape index (κ2) is 8.19. The molecule has 8 rings (SSSR count). The summed E-state index contributed by atoms with van der Waals surface area (Å²) in [6, 6.07) is 1.60. The molecule has 0 saturated heterocycles. The molecule has 178 valence electrons. The third-order valence-electron chi connectivity index (χ3n) is 11.6. The smallest absolute Gasteiger partial charge is 0.274 e. The van der Waals surface area contributed by atoms with E-state index in [1.807, 2.05) is 0 Å². The minimum atomic E-state index is 0.723. The van der Waals surface area contributed by atoms with Gasteiger partial charge in [-0.2, -0.15) is 0 Å². The molecule has 0 aromatic heterocycles. The van der Waals surface area contributed by atoms with Crippen LogP contribution in [0.1, 0.15) is 109 Å². The maximum Gasteiger partial charge on any atom is 0.349 e. The minimum absolute atomic E-state index is 0.723.